The van der Waals surface area contributed by atoms with Crippen molar-refractivity contribution in [2.24, 2.45) is 16.2 Å². The highest BCUT2D eigenvalue weighted by Crippen LogP contribution is 2.72. The Labute approximate surface area is 165 Å². The molecule has 1 aliphatic carbocycles. The van der Waals surface area contributed by atoms with Crippen molar-refractivity contribution in [3.05, 3.63) is 0 Å². The smallest absolute Gasteiger partial charge is 0.296 e. The number of hydrogen-bond donors (Lipinski definition) is 0. The van der Waals surface area contributed by atoms with Crippen LogP contribution in [0.2, 0.25) is 0 Å². The largest absolute Gasteiger partial charge is 0.417 e. The third-order valence-electron chi connectivity index (χ3n) is 4.59. The van der Waals surface area contributed by atoms with Gasteiger partial charge in [-0.25, -0.2) is 0 Å². The fraction of sp³-hybridized carbons (Fsp3) is 0.750. The maximum atomic E-state index is 13.2. The molecule has 0 unspecified atom stereocenters. The summed E-state index contributed by atoms with van der Waals surface area (Å²) in [7, 11) is 0. The second kappa shape index (κ2) is 6.66. The van der Waals surface area contributed by atoms with Crippen LogP contribution in [-0.2, 0) is 14.4 Å². The summed E-state index contributed by atoms with van der Waals surface area (Å²) < 4.78 is 238. The number of Topliss-reactive ketones (excluding diaryl/α,β-unsaturated/α-hetero) is 3. The third-order valence-corrected chi connectivity index (χ3v) is 4.59. The van der Waals surface area contributed by atoms with Crippen LogP contribution in [0.1, 0.15) is 0 Å². The molecular formula is C12F18O3. The maximum absolute atomic E-state index is 13.2. The summed E-state index contributed by atoms with van der Waals surface area (Å²) in [5.41, 5.74) is -24.7. The fourth-order valence-electron chi connectivity index (χ4n) is 3.18. The molecular weight excluding hydrogens is 534 g/mol. The Hall–Kier alpha value is -2.25. The van der Waals surface area contributed by atoms with E-state index in [-0.39, 0.29) is 0 Å². The van der Waals surface area contributed by atoms with Crippen molar-refractivity contribution in [2.75, 3.05) is 0 Å². The van der Waals surface area contributed by atoms with Gasteiger partial charge in [-0.3, -0.25) is 14.4 Å². The molecule has 192 valence electrons. The van der Waals surface area contributed by atoms with Gasteiger partial charge in [0.25, 0.3) is 16.2 Å². The van der Waals surface area contributed by atoms with Crippen molar-refractivity contribution in [2.45, 2.75) is 37.1 Å². The van der Waals surface area contributed by atoms with Gasteiger partial charge in [0, 0.05) is 0 Å². The summed E-state index contributed by atoms with van der Waals surface area (Å²) in [6.45, 7) is 0. The lowest BCUT2D eigenvalue weighted by Crippen LogP contribution is -2.84. The summed E-state index contributed by atoms with van der Waals surface area (Å²) in [5, 5.41) is 0. The Bertz CT molecular complexity index is 677. The number of alkyl halides is 18. The lowest BCUT2D eigenvalue weighted by atomic mass is 9.48. The first kappa shape index (κ1) is 28.8. The third kappa shape index (κ3) is 2.98. The highest BCUT2D eigenvalue weighted by Gasteiger charge is 3.02. The van der Waals surface area contributed by atoms with Crippen LogP contribution in [0.15, 0.2) is 0 Å². The van der Waals surface area contributed by atoms with Gasteiger partial charge in [0.05, 0.1) is 0 Å². The summed E-state index contributed by atoms with van der Waals surface area (Å²) in [5.74, 6) is -17.1. The number of ketones is 3. The van der Waals surface area contributed by atoms with Gasteiger partial charge in [0.15, 0.2) is 17.3 Å². The summed E-state index contributed by atoms with van der Waals surface area (Å²) in [6.07, 6.45) is -49.9. The fourth-order valence-corrected chi connectivity index (χ4v) is 3.18. The first-order valence-electron chi connectivity index (χ1n) is 7.01. The maximum Gasteiger partial charge on any atom is 0.417 e. The number of halogens is 18. The van der Waals surface area contributed by atoms with Crippen molar-refractivity contribution in [1.82, 2.24) is 0 Å². The van der Waals surface area contributed by atoms with E-state index in [1.807, 2.05) is 0 Å². The molecule has 0 aliphatic heterocycles. The van der Waals surface area contributed by atoms with E-state index < -0.39 is 70.7 Å². The highest BCUT2D eigenvalue weighted by molar-refractivity contribution is 6.33. The van der Waals surface area contributed by atoms with E-state index >= 15 is 0 Å². The van der Waals surface area contributed by atoms with Crippen LogP contribution in [0.3, 0.4) is 0 Å². The van der Waals surface area contributed by atoms with Gasteiger partial charge >= 0.3 is 37.1 Å². The average molecular weight is 534 g/mol. The van der Waals surface area contributed by atoms with Gasteiger partial charge in [-0.1, -0.05) is 0 Å². The molecule has 0 spiro atoms. The van der Waals surface area contributed by atoms with Gasteiger partial charge in [-0.15, -0.1) is 0 Å². The van der Waals surface area contributed by atoms with Crippen LogP contribution in [0.5, 0.6) is 0 Å². The average Bonchev–Trinajstić information content (AvgIpc) is 2.37. The molecule has 1 fully saturated rings. The molecule has 0 N–H and O–H groups in total. The minimum atomic E-state index is -8.32. The van der Waals surface area contributed by atoms with Crippen LogP contribution < -0.4 is 0 Å². The molecule has 0 amide bonds. The molecule has 1 saturated carbocycles. The van der Waals surface area contributed by atoms with Crippen molar-refractivity contribution in [1.29, 1.82) is 0 Å². The van der Waals surface area contributed by atoms with E-state index in [0.717, 1.165) is 0 Å². The Kier molecular flexibility index (Phi) is 5.81. The van der Waals surface area contributed by atoms with Gasteiger partial charge in [-0.05, 0) is 0 Å². The molecule has 0 radical (unpaired) electrons. The summed E-state index contributed by atoms with van der Waals surface area (Å²) in [6, 6.07) is 0. The van der Waals surface area contributed by atoms with Crippen LogP contribution in [0, 0.1) is 16.2 Å². The normalized spacial score (nSPS) is 22.5. The molecule has 0 bridgehead atoms. The van der Waals surface area contributed by atoms with E-state index in [1.54, 1.807) is 0 Å². The van der Waals surface area contributed by atoms with Crippen molar-refractivity contribution >= 4 is 17.3 Å². The topological polar surface area (TPSA) is 51.2 Å². The predicted molar refractivity (Wildman–Crippen MR) is 58.6 cm³/mol. The highest BCUT2D eigenvalue weighted by atomic mass is 19.4. The quantitative estimate of drug-likeness (QED) is 0.324. The standard InChI is InChI=1S/C12F18O3/c13-7(14,15)4(8(16,17)18)1(31)5(9(19,20)21,10(22,23)24)3(33)6(2(4)32,11(25,26)27)12(28,29)30. The van der Waals surface area contributed by atoms with Crippen LogP contribution >= 0.6 is 0 Å². The molecule has 1 aliphatic rings. The number of carbonyl (C=O) groups excluding carboxylic acids is 3. The molecule has 0 atom stereocenters. The molecule has 1 rings (SSSR count). The monoisotopic (exact) mass is 534 g/mol. The SMILES string of the molecule is O=C1C(C(F)(F)F)(C(F)(F)F)C(=O)C(C(F)(F)F)(C(F)(F)F)C(=O)C1(C(F)(F)F)C(F)(F)F. The molecule has 0 aromatic heterocycles. The van der Waals surface area contributed by atoms with E-state index in [1.165, 1.54) is 0 Å². The Morgan fingerprint density at radius 3 is 0.455 bits per heavy atom. The van der Waals surface area contributed by atoms with Crippen LogP contribution in [-0.4, -0.2) is 54.4 Å². The van der Waals surface area contributed by atoms with E-state index in [2.05, 4.69) is 0 Å². The Morgan fingerprint density at radius 2 is 0.394 bits per heavy atom. The minimum Gasteiger partial charge on any atom is -0.296 e. The summed E-state index contributed by atoms with van der Waals surface area (Å²) >= 11 is 0. The molecule has 0 saturated heterocycles. The second-order valence-corrected chi connectivity index (χ2v) is 6.22. The van der Waals surface area contributed by atoms with Crippen LogP contribution in [0.25, 0.3) is 0 Å². The van der Waals surface area contributed by atoms with Crippen LogP contribution in [0.4, 0.5) is 79.0 Å². The second-order valence-electron chi connectivity index (χ2n) is 6.22. The Morgan fingerprint density at radius 1 is 0.303 bits per heavy atom. The van der Waals surface area contributed by atoms with Crippen molar-refractivity contribution in [3.63, 3.8) is 0 Å². The zero-order valence-corrected chi connectivity index (χ0v) is 14.0. The zero-order valence-electron chi connectivity index (χ0n) is 14.0. The van der Waals surface area contributed by atoms with E-state index in [0.29, 0.717) is 0 Å². The lowest BCUT2D eigenvalue weighted by molar-refractivity contribution is -0.373. The van der Waals surface area contributed by atoms with Crippen molar-refractivity contribution in [3.8, 4) is 0 Å². The molecule has 33 heavy (non-hydrogen) atoms. The number of hydrogen-bond acceptors (Lipinski definition) is 3. The van der Waals surface area contributed by atoms with Gasteiger partial charge < -0.3 is 0 Å². The first-order chi connectivity index (χ1) is 14.0. The number of carbonyl (C=O) groups is 3. The van der Waals surface area contributed by atoms with Gasteiger partial charge in [-0.2, -0.15) is 79.0 Å². The molecule has 0 aromatic carbocycles. The first-order valence-corrected chi connectivity index (χ1v) is 7.01. The van der Waals surface area contributed by atoms with Gasteiger partial charge in [0.1, 0.15) is 0 Å². The van der Waals surface area contributed by atoms with Crippen molar-refractivity contribution < 1.29 is 93.4 Å². The molecule has 21 heteroatoms. The van der Waals surface area contributed by atoms with E-state index in [9.17, 15) is 93.4 Å². The number of rotatable bonds is 0. The zero-order chi connectivity index (χ0) is 27.2. The van der Waals surface area contributed by atoms with Gasteiger partial charge in [0.2, 0.25) is 0 Å². The predicted octanol–water partition coefficient (Wildman–Crippen LogP) is 5.04. The molecule has 3 nitrogen and oxygen atoms in total. The summed E-state index contributed by atoms with van der Waals surface area (Å²) in [4.78, 5) is 35.0. The molecule has 0 aromatic rings. The minimum absolute atomic E-state index is 5.69. The molecule has 0 heterocycles. The Balaban J connectivity index is 4.82. The van der Waals surface area contributed by atoms with E-state index in [4.69, 9.17) is 0 Å². The lowest BCUT2D eigenvalue weighted by Gasteiger charge is -2.52.